The predicted molar refractivity (Wildman–Crippen MR) is 74.1 cm³/mol. The Kier molecular flexibility index (Phi) is 3.15. The van der Waals surface area contributed by atoms with Crippen LogP contribution in [0.3, 0.4) is 0 Å². The van der Waals surface area contributed by atoms with Crippen LogP contribution in [0.5, 0.6) is 0 Å². The molecule has 1 aliphatic carbocycles. The fraction of sp³-hybridized carbons (Fsp3) is 0.667. The number of nitrogens with zero attached hydrogens (tertiary/aromatic N) is 2. The first-order chi connectivity index (χ1) is 7.93. The Labute approximate surface area is 105 Å². The number of hydrazone groups is 1. The van der Waals surface area contributed by atoms with E-state index < -0.39 is 0 Å². The summed E-state index contributed by atoms with van der Waals surface area (Å²) in [6.45, 7) is 9.01. The molecule has 0 spiro atoms. The van der Waals surface area contributed by atoms with Crippen molar-refractivity contribution in [1.29, 1.82) is 0 Å². The molecule has 0 saturated heterocycles. The summed E-state index contributed by atoms with van der Waals surface area (Å²) < 4.78 is 0. The van der Waals surface area contributed by atoms with Crippen LogP contribution >= 0.6 is 0 Å². The summed E-state index contributed by atoms with van der Waals surface area (Å²) in [6, 6.07) is 0. The molecule has 94 valence electrons. The van der Waals surface area contributed by atoms with Gasteiger partial charge in [0.1, 0.15) is 0 Å². The van der Waals surface area contributed by atoms with Crippen molar-refractivity contribution in [3.63, 3.8) is 0 Å². The zero-order chi connectivity index (χ0) is 12.6. The molecule has 0 bridgehead atoms. The van der Waals surface area contributed by atoms with E-state index in [1.807, 2.05) is 0 Å². The highest BCUT2D eigenvalue weighted by Gasteiger charge is 2.37. The average Bonchev–Trinajstić information content (AvgIpc) is 2.41. The highest BCUT2D eigenvalue weighted by molar-refractivity contribution is 5.85. The van der Waals surface area contributed by atoms with Gasteiger partial charge in [0.05, 0.1) is 5.54 Å². The number of likely N-dealkylation sites (N-methyl/N-ethyl adjacent to an activating group) is 1. The molecule has 2 atom stereocenters. The van der Waals surface area contributed by atoms with Gasteiger partial charge in [-0.3, -0.25) is 5.01 Å². The van der Waals surface area contributed by atoms with Gasteiger partial charge >= 0.3 is 0 Å². The molecular weight excluding hydrogens is 208 g/mol. The molecule has 2 unspecified atom stereocenters. The van der Waals surface area contributed by atoms with Crippen molar-refractivity contribution >= 4 is 5.71 Å². The highest BCUT2D eigenvalue weighted by Crippen LogP contribution is 2.37. The van der Waals surface area contributed by atoms with Crippen molar-refractivity contribution in [2.75, 3.05) is 7.05 Å². The average molecular weight is 232 g/mol. The maximum Gasteiger partial charge on any atom is 0.0845 e. The number of allylic oxidation sites excluding steroid dienone is 2. The lowest BCUT2D eigenvalue weighted by Gasteiger charge is -2.33. The quantitative estimate of drug-likeness (QED) is 0.672. The number of hydrogen-bond acceptors (Lipinski definition) is 2. The van der Waals surface area contributed by atoms with Crippen LogP contribution in [-0.2, 0) is 0 Å². The molecule has 0 amide bonds. The topological polar surface area (TPSA) is 15.6 Å². The van der Waals surface area contributed by atoms with Gasteiger partial charge in [-0.05, 0) is 45.1 Å². The standard InChI is InChI=1S/C15H24N2/c1-11-7-6-8-14(9-12(11)2)15(4)10-13(3)16-17(15)5/h8-9,11H,6-7,10H2,1-5H3. The molecule has 0 saturated carbocycles. The molecule has 17 heavy (non-hydrogen) atoms. The summed E-state index contributed by atoms with van der Waals surface area (Å²) in [5.74, 6) is 0.709. The first kappa shape index (κ1) is 12.4. The van der Waals surface area contributed by atoms with E-state index in [1.165, 1.54) is 29.7 Å². The second kappa shape index (κ2) is 4.32. The molecule has 2 rings (SSSR count). The van der Waals surface area contributed by atoms with Crippen LogP contribution in [0.4, 0.5) is 0 Å². The summed E-state index contributed by atoms with van der Waals surface area (Å²) in [6.07, 6.45) is 8.31. The second-order valence-electron chi connectivity index (χ2n) is 5.84. The Morgan fingerprint density at radius 1 is 1.41 bits per heavy atom. The Morgan fingerprint density at radius 2 is 2.12 bits per heavy atom. The molecule has 1 heterocycles. The summed E-state index contributed by atoms with van der Waals surface area (Å²) in [4.78, 5) is 0. The van der Waals surface area contributed by atoms with Crippen LogP contribution in [0.1, 0.15) is 47.0 Å². The highest BCUT2D eigenvalue weighted by atomic mass is 15.5. The van der Waals surface area contributed by atoms with Crippen molar-refractivity contribution in [3.8, 4) is 0 Å². The van der Waals surface area contributed by atoms with E-state index in [0.29, 0.717) is 5.92 Å². The molecule has 1 aliphatic heterocycles. The summed E-state index contributed by atoms with van der Waals surface area (Å²) in [5.41, 5.74) is 4.25. The third kappa shape index (κ3) is 2.18. The number of rotatable bonds is 1. The van der Waals surface area contributed by atoms with Gasteiger partial charge in [-0.25, -0.2) is 0 Å². The molecule has 0 radical (unpaired) electrons. The van der Waals surface area contributed by atoms with Gasteiger partial charge in [0.2, 0.25) is 0 Å². The minimum absolute atomic E-state index is 0.0649. The van der Waals surface area contributed by atoms with Crippen molar-refractivity contribution in [2.45, 2.75) is 52.5 Å². The lowest BCUT2D eigenvalue weighted by molar-refractivity contribution is 0.216. The van der Waals surface area contributed by atoms with E-state index in [2.05, 4.69) is 57.0 Å². The molecule has 0 fully saturated rings. The molecule has 2 heteroatoms. The summed E-state index contributed by atoms with van der Waals surface area (Å²) in [7, 11) is 2.09. The van der Waals surface area contributed by atoms with Gasteiger partial charge in [-0.2, -0.15) is 5.10 Å². The molecule has 0 aromatic rings. The maximum absolute atomic E-state index is 4.57. The van der Waals surface area contributed by atoms with Crippen molar-refractivity contribution in [1.82, 2.24) is 5.01 Å². The summed E-state index contributed by atoms with van der Waals surface area (Å²) >= 11 is 0. The Balaban J connectivity index is 2.31. The smallest absolute Gasteiger partial charge is 0.0845 e. The SMILES string of the molecule is CC1=CC(C2(C)CC(C)=NN2C)=CCCC1C. The van der Waals surface area contributed by atoms with Crippen molar-refractivity contribution in [2.24, 2.45) is 11.0 Å². The van der Waals surface area contributed by atoms with Gasteiger partial charge < -0.3 is 0 Å². The molecule has 0 N–H and O–H groups in total. The molecular formula is C15H24N2. The minimum Gasteiger partial charge on any atom is -0.290 e. The van der Waals surface area contributed by atoms with Gasteiger partial charge in [-0.1, -0.05) is 24.6 Å². The van der Waals surface area contributed by atoms with Crippen LogP contribution in [0.25, 0.3) is 0 Å². The lowest BCUT2D eigenvalue weighted by atomic mass is 9.85. The zero-order valence-corrected chi connectivity index (χ0v) is 11.7. The van der Waals surface area contributed by atoms with E-state index in [-0.39, 0.29) is 5.54 Å². The Hall–Kier alpha value is -1.05. The van der Waals surface area contributed by atoms with Crippen LogP contribution in [0.15, 0.2) is 28.4 Å². The molecule has 2 aliphatic rings. The fourth-order valence-electron chi connectivity index (χ4n) is 2.84. The largest absolute Gasteiger partial charge is 0.290 e. The monoisotopic (exact) mass is 232 g/mol. The van der Waals surface area contributed by atoms with Gasteiger partial charge in [0, 0.05) is 19.2 Å². The van der Waals surface area contributed by atoms with Crippen LogP contribution in [0, 0.1) is 5.92 Å². The summed E-state index contributed by atoms with van der Waals surface area (Å²) in [5, 5.41) is 6.70. The van der Waals surface area contributed by atoms with Crippen LogP contribution < -0.4 is 0 Å². The third-order valence-corrected chi connectivity index (χ3v) is 4.38. The normalized spacial score (nSPS) is 34.1. The predicted octanol–water partition coefficient (Wildman–Crippen LogP) is 3.76. The maximum atomic E-state index is 4.57. The third-order valence-electron chi connectivity index (χ3n) is 4.38. The van der Waals surface area contributed by atoms with E-state index in [0.717, 1.165) is 6.42 Å². The van der Waals surface area contributed by atoms with Crippen LogP contribution in [0.2, 0.25) is 0 Å². The first-order valence-electron chi connectivity index (χ1n) is 6.60. The van der Waals surface area contributed by atoms with Gasteiger partial charge in [-0.15, -0.1) is 0 Å². The number of hydrogen-bond donors (Lipinski definition) is 0. The van der Waals surface area contributed by atoms with Gasteiger partial charge in [0.25, 0.3) is 0 Å². The molecule has 0 aromatic carbocycles. The Morgan fingerprint density at radius 3 is 2.71 bits per heavy atom. The van der Waals surface area contributed by atoms with Crippen molar-refractivity contribution < 1.29 is 0 Å². The lowest BCUT2D eigenvalue weighted by Crippen LogP contribution is -2.38. The van der Waals surface area contributed by atoms with E-state index in [1.54, 1.807) is 0 Å². The molecule has 0 aromatic heterocycles. The van der Waals surface area contributed by atoms with Crippen LogP contribution in [-0.4, -0.2) is 23.3 Å². The Bertz CT molecular complexity index is 403. The second-order valence-corrected chi connectivity index (χ2v) is 5.84. The zero-order valence-electron chi connectivity index (χ0n) is 11.7. The first-order valence-corrected chi connectivity index (χ1v) is 6.60. The van der Waals surface area contributed by atoms with Crippen molar-refractivity contribution in [3.05, 3.63) is 23.3 Å². The molecule has 2 nitrogen and oxygen atoms in total. The minimum atomic E-state index is 0.0649. The fourth-order valence-corrected chi connectivity index (χ4v) is 2.84. The van der Waals surface area contributed by atoms with E-state index >= 15 is 0 Å². The van der Waals surface area contributed by atoms with E-state index in [9.17, 15) is 0 Å². The van der Waals surface area contributed by atoms with Gasteiger partial charge in [0.15, 0.2) is 0 Å². The van der Waals surface area contributed by atoms with E-state index in [4.69, 9.17) is 0 Å².